The Balaban J connectivity index is 2.02. The van der Waals surface area contributed by atoms with E-state index in [9.17, 15) is 8.42 Å². The van der Waals surface area contributed by atoms with E-state index in [0.717, 1.165) is 30.4 Å². The molecule has 0 amide bonds. The van der Waals surface area contributed by atoms with Crippen LogP contribution in [0.25, 0.3) is 0 Å². The molecule has 0 radical (unpaired) electrons. The first-order chi connectivity index (χ1) is 10.0. The van der Waals surface area contributed by atoms with Crippen molar-refractivity contribution >= 4 is 10.0 Å². The average Bonchev–Trinajstić information content (AvgIpc) is 2.95. The van der Waals surface area contributed by atoms with Crippen molar-refractivity contribution < 1.29 is 8.42 Å². The molecular weight excluding hydrogens is 284 g/mol. The van der Waals surface area contributed by atoms with Crippen LogP contribution in [0.5, 0.6) is 0 Å². The minimum absolute atomic E-state index is 0.0141. The summed E-state index contributed by atoms with van der Waals surface area (Å²) in [5, 5.41) is 0. The Labute approximate surface area is 128 Å². The van der Waals surface area contributed by atoms with Gasteiger partial charge in [-0.2, -0.15) is 0 Å². The van der Waals surface area contributed by atoms with Crippen LogP contribution in [-0.4, -0.2) is 15.0 Å². The van der Waals surface area contributed by atoms with Crippen LogP contribution in [0.1, 0.15) is 50.2 Å². The van der Waals surface area contributed by atoms with Crippen LogP contribution in [0.3, 0.4) is 0 Å². The SMILES string of the molecule is CCC1(CNS(=O)(=O)Cc2ccccc2CN)CCCC1. The van der Waals surface area contributed by atoms with Crippen LogP contribution < -0.4 is 10.5 Å². The number of nitrogens with two attached hydrogens (primary N) is 1. The summed E-state index contributed by atoms with van der Waals surface area (Å²) >= 11 is 0. The molecule has 1 aromatic carbocycles. The van der Waals surface area contributed by atoms with Gasteiger partial charge in [0, 0.05) is 13.1 Å². The molecule has 0 heterocycles. The van der Waals surface area contributed by atoms with Crippen molar-refractivity contribution in [2.45, 2.75) is 51.3 Å². The van der Waals surface area contributed by atoms with Gasteiger partial charge >= 0.3 is 0 Å². The van der Waals surface area contributed by atoms with E-state index in [1.165, 1.54) is 12.8 Å². The van der Waals surface area contributed by atoms with Crippen molar-refractivity contribution in [3.63, 3.8) is 0 Å². The number of rotatable bonds is 7. The maximum atomic E-state index is 12.3. The lowest BCUT2D eigenvalue weighted by molar-refractivity contribution is 0.285. The first kappa shape index (κ1) is 16.5. The number of hydrogen-bond donors (Lipinski definition) is 2. The number of benzene rings is 1. The zero-order valence-electron chi connectivity index (χ0n) is 12.8. The highest BCUT2D eigenvalue weighted by Gasteiger charge is 2.33. The second-order valence-electron chi connectivity index (χ2n) is 6.11. The lowest BCUT2D eigenvalue weighted by atomic mass is 9.84. The normalized spacial score (nSPS) is 18.0. The van der Waals surface area contributed by atoms with Gasteiger partial charge < -0.3 is 5.73 Å². The van der Waals surface area contributed by atoms with Crippen LogP contribution in [0, 0.1) is 5.41 Å². The summed E-state index contributed by atoms with van der Waals surface area (Å²) in [6.07, 6.45) is 5.73. The Hall–Kier alpha value is -0.910. The Kier molecular flexibility index (Phi) is 5.41. The first-order valence-electron chi connectivity index (χ1n) is 7.74. The van der Waals surface area contributed by atoms with Crippen molar-refractivity contribution in [1.29, 1.82) is 0 Å². The molecule has 0 unspecified atom stereocenters. The van der Waals surface area contributed by atoms with E-state index in [4.69, 9.17) is 5.73 Å². The van der Waals surface area contributed by atoms with Gasteiger partial charge in [0.15, 0.2) is 0 Å². The fourth-order valence-electron chi connectivity index (χ4n) is 3.20. The van der Waals surface area contributed by atoms with Crippen LogP contribution in [0.2, 0.25) is 0 Å². The topological polar surface area (TPSA) is 72.2 Å². The van der Waals surface area contributed by atoms with Gasteiger partial charge in [-0.1, -0.05) is 44.0 Å². The summed E-state index contributed by atoms with van der Waals surface area (Å²) in [7, 11) is -3.31. The van der Waals surface area contributed by atoms with Crippen molar-refractivity contribution in [1.82, 2.24) is 4.72 Å². The third kappa shape index (κ3) is 4.28. The smallest absolute Gasteiger partial charge is 0.215 e. The van der Waals surface area contributed by atoms with Gasteiger partial charge in [-0.25, -0.2) is 13.1 Å². The van der Waals surface area contributed by atoms with Crippen molar-refractivity contribution in [3.8, 4) is 0 Å². The van der Waals surface area contributed by atoms with Gasteiger partial charge in [0.2, 0.25) is 10.0 Å². The lowest BCUT2D eigenvalue weighted by Gasteiger charge is -2.27. The molecule has 118 valence electrons. The lowest BCUT2D eigenvalue weighted by Crippen LogP contribution is -2.36. The van der Waals surface area contributed by atoms with E-state index in [1.807, 2.05) is 24.3 Å². The molecule has 4 nitrogen and oxygen atoms in total. The van der Waals surface area contributed by atoms with Crippen molar-refractivity contribution in [2.24, 2.45) is 11.1 Å². The molecule has 1 aromatic rings. The average molecular weight is 310 g/mol. The van der Waals surface area contributed by atoms with Gasteiger partial charge in [-0.05, 0) is 35.8 Å². The number of nitrogens with one attached hydrogen (secondary N) is 1. The molecule has 1 fully saturated rings. The molecule has 0 aliphatic heterocycles. The van der Waals surface area contributed by atoms with E-state index in [0.29, 0.717) is 13.1 Å². The summed E-state index contributed by atoms with van der Waals surface area (Å²) in [6.45, 7) is 3.09. The minimum Gasteiger partial charge on any atom is -0.326 e. The van der Waals surface area contributed by atoms with Gasteiger partial charge in [0.05, 0.1) is 5.75 Å². The molecule has 0 atom stereocenters. The highest BCUT2D eigenvalue weighted by atomic mass is 32.2. The third-order valence-electron chi connectivity index (χ3n) is 4.77. The minimum atomic E-state index is -3.31. The predicted octanol–water partition coefficient (Wildman–Crippen LogP) is 2.54. The van der Waals surface area contributed by atoms with Crippen LogP contribution in [-0.2, 0) is 22.3 Å². The van der Waals surface area contributed by atoms with E-state index in [1.54, 1.807) is 0 Å². The Bertz CT molecular complexity index is 563. The summed E-state index contributed by atoms with van der Waals surface area (Å²) in [5.41, 5.74) is 7.53. The zero-order valence-corrected chi connectivity index (χ0v) is 13.6. The third-order valence-corrected chi connectivity index (χ3v) is 6.04. The Morgan fingerprint density at radius 2 is 1.81 bits per heavy atom. The molecule has 1 saturated carbocycles. The van der Waals surface area contributed by atoms with Crippen LogP contribution in [0.4, 0.5) is 0 Å². The second kappa shape index (κ2) is 6.90. The fraction of sp³-hybridized carbons (Fsp3) is 0.625. The first-order valence-corrected chi connectivity index (χ1v) is 9.40. The molecule has 0 bridgehead atoms. The highest BCUT2D eigenvalue weighted by molar-refractivity contribution is 7.88. The predicted molar refractivity (Wildman–Crippen MR) is 86.2 cm³/mol. The van der Waals surface area contributed by atoms with Crippen molar-refractivity contribution in [2.75, 3.05) is 6.54 Å². The molecule has 1 aliphatic carbocycles. The zero-order chi connectivity index (χ0) is 15.3. The van der Waals surface area contributed by atoms with Crippen LogP contribution >= 0.6 is 0 Å². The molecule has 2 rings (SSSR count). The molecular formula is C16H26N2O2S. The molecule has 1 aliphatic rings. The van der Waals surface area contributed by atoms with E-state index < -0.39 is 10.0 Å². The molecule has 5 heteroatoms. The van der Waals surface area contributed by atoms with Gasteiger partial charge in [0.25, 0.3) is 0 Å². The van der Waals surface area contributed by atoms with Gasteiger partial charge in [-0.3, -0.25) is 0 Å². The van der Waals surface area contributed by atoms with E-state index in [-0.39, 0.29) is 11.2 Å². The second-order valence-corrected chi connectivity index (χ2v) is 7.92. The maximum absolute atomic E-state index is 12.3. The monoisotopic (exact) mass is 310 g/mol. The molecule has 0 aromatic heterocycles. The van der Waals surface area contributed by atoms with Gasteiger partial charge in [-0.15, -0.1) is 0 Å². The summed E-state index contributed by atoms with van der Waals surface area (Å²) in [4.78, 5) is 0. The standard InChI is InChI=1S/C16H26N2O2S/c1-2-16(9-5-6-10-16)13-18-21(19,20)12-15-8-4-3-7-14(15)11-17/h3-4,7-8,18H,2,5-6,9-13,17H2,1H3. The van der Waals surface area contributed by atoms with Crippen LogP contribution in [0.15, 0.2) is 24.3 Å². The summed E-state index contributed by atoms with van der Waals surface area (Å²) in [6, 6.07) is 7.47. The molecule has 21 heavy (non-hydrogen) atoms. The molecule has 0 saturated heterocycles. The Morgan fingerprint density at radius 3 is 2.38 bits per heavy atom. The van der Waals surface area contributed by atoms with E-state index in [2.05, 4.69) is 11.6 Å². The summed E-state index contributed by atoms with van der Waals surface area (Å²) in [5.74, 6) is 0.0141. The summed E-state index contributed by atoms with van der Waals surface area (Å²) < 4.78 is 27.5. The highest BCUT2D eigenvalue weighted by Crippen LogP contribution is 2.40. The number of hydrogen-bond acceptors (Lipinski definition) is 3. The number of sulfonamides is 1. The quantitative estimate of drug-likeness (QED) is 0.813. The Morgan fingerprint density at radius 1 is 1.19 bits per heavy atom. The molecule has 3 N–H and O–H groups in total. The largest absolute Gasteiger partial charge is 0.326 e. The molecule has 0 spiro atoms. The van der Waals surface area contributed by atoms with Crippen molar-refractivity contribution in [3.05, 3.63) is 35.4 Å². The van der Waals surface area contributed by atoms with E-state index >= 15 is 0 Å². The maximum Gasteiger partial charge on any atom is 0.215 e. The van der Waals surface area contributed by atoms with Gasteiger partial charge in [0.1, 0.15) is 0 Å². The fourth-order valence-corrected chi connectivity index (χ4v) is 4.52.